The largest absolute Gasteiger partial charge is 0.356 e. The molecule has 78 valence electrons. The lowest BCUT2D eigenvalue weighted by molar-refractivity contribution is -0.100. The fraction of sp³-hybridized carbons (Fsp3) is 0.818. The van der Waals surface area contributed by atoms with E-state index in [-0.39, 0.29) is 11.7 Å². The van der Waals surface area contributed by atoms with Gasteiger partial charge in [0.2, 0.25) is 0 Å². The van der Waals surface area contributed by atoms with Crippen LogP contribution in [-0.2, 0) is 9.47 Å². The highest BCUT2D eigenvalue weighted by molar-refractivity contribution is 5.04. The highest BCUT2D eigenvalue weighted by Gasteiger charge is 2.10. The number of hydrogen-bond acceptors (Lipinski definition) is 2. The Morgan fingerprint density at radius 1 is 1.23 bits per heavy atom. The highest BCUT2D eigenvalue weighted by atomic mass is 16.7. The van der Waals surface area contributed by atoms with Crippen molar-refractivity contribution in [2.24, 2.45) is 5.41 Å². The van der Waals surface area contributed by atoms with Crippen molar-refractivity contribution in [2.45, 2.75) is 40.4 Å². The van der Waals surface area contributed by atoms with Gasteiger partial charge in [-0.25, -0.2) is 0 Å². The van der Waals surface area contributed by atoms with Crippen LogP contribution in [0.3, 0.4) is 0 Å². The smallest absolute Gasteiger partial charge is 0.160 e. The molecule has 13 heavy (non-hydrogen) atoms. The summed E-state index contributed by atoms with van der Waals surface area (Å²) >= 11 is 0. The monoisotopic (exact) mass is 186 g/mol. The maximum Gasteiger partial charge on any atom is 0.160 e. The highest BCUT2D eigenvalue weighted by Crippen LogP contribution is 2.20. The fourth-order valence-corrected chi connectivity index (χ4v) is 1.32. The summed E-state index contributed by atoms with van der Waals surface area (Å²) in [6.07, 6.45) is 2.97. The minimum atomic E-state index is -0.112. The van der Waals surface area contributed by atoms with E-state index >= 15 is 0 Å². The average molecular weight is 186 g/mol. The minimum Gasteiger partial charge on any atom is -0.356 e. The molecule has 0 fully saturated rings. The third kappa shape index (κ3) is 6.79. The maximum absolute atomic E-state index is 5.12. The van der Waals surface area contributed by atoms with Crippen LogP contribution in [0.15, 0.2) is 11.6 Å². The van der Waals surface area contributed by atoms with Crippen LogP contribution in [0.2, 0.25) is 0 Å². The standard InChI is InChI=1S/C11H22O2/c1-9(8-11(2,3)4)7-10(12-5)13-6/h8,10H,7H2,1-6H3/b9-8+. The van der Waals surface area contributed by atoms with Crippen molar-refractivity contribution in [3.05, 3.63) is 11.6 Å². The SMILES string of the molecule is COC(C/C(C)=C/C(C)(C)C)OC. The summed E-state index contributed by atoms with van der Waals surface area (Å²) in [7, 11) is 3.33. The Hall–Kier alpha value is -0.340. The van der Waals surface area contributed by atoms with Gasteiger partial charge in [-0.1, -0.05) is 32.4 Å². The number of rotatable bonds is 4. The van der Waals surface area contributed by atoms with E-state index < -0.39 is 0 Å². The number of allylic oxidation sites excluding steroid dienone is 1. The average Bonchev–Trinajstić information content (AvgIpc) is 1.96. The van der Waals surface area contributed by atoms with E-state index in [1.54, 1.807) is 14.2 Å². The number of methoxy groups -OCH3 is 2. The second kappa shape index (κ2) is 5.40. The lowest BCUT2D eigenvalue weighted by Gasteiger charge is -2.17. The summed E-state index contributed by atoms with van der Waals surface area (Å²) < 4.78 is 10.2. The molecular formula is C11H22O2. The van der Waals surface area contributed by atoms with Crippen LogP contribution in [0.25, 0.3) is 0 Å². The third-order valence-corrected chi connectivity index (χ3v) is 1.69. The van der Waals surface area contributed by atoms with Gasteiger partial charge in [0.15, 0.2) is 6.29 Å². The molecule has 0 N–H and O–H groups in total. The predicted molar refractivity (Wildman–Crippen MR) is 55.6 cm³/mol. The van der Waals surface area contributed by atoms with Gasteiger partial charge in [0.1, 0.15) is 0 Å². The van der Waals surface area contributed by atoms with E-state index in [0.717, 1.165) is 6.42 Å². The maximum atomic E-state index is 5.12. The summed E-state index contributed by atoms with van der Waals surface area (Å²) in [4.78, 5) is 0. The van der Waals surface area contributed by atoms with Crippen molar-refractivity contribution in [3.8, 4) is 0 Å². The van der Waals surface area contributed by atoms with Crippen LogP contribution < -0.4 is 0 Å². The third-order valence-electron chi connectivity index (χ3n) is 1.69. The molecule has 0 aliphatic carbocycles. The Kier molecular flexibility index (Phi) is 5.26. The summed E-state index contributed by atoms with van der Waals surface area (Å²) in [5.74, 6) is 0. The number of hydrogen-bond donors (Lipinski definition) is 0. The van der Waals surface area contributed by atoms with Gasteiger partial charge < -0.3 is 9.47 Å². The summed E-state index contributed by atoms with van der Waals surface area (Å²) in [5.41, 5.74) is 1.54. The molecule has 0 atom stereocenters. The van der Waals surface area contributed by atoms with Gasteiger partial charge in [-0.3, -0.25) is 0 Å². The first-order chi connectivity index (χ1) is 5.89. The normalized spacial score (nSPS) is 13.9. The molecule has 0 aliphatic rings. The Bertz CT molecular complexity index is 161. The van der Waals surface area contributed by atoms with Crippen molar-refractivity contribution in [3.63, 3.8) is 0 Å². The Morgan fingerprint density at radius 3 is 2.00 bits per heavy atom. The first-order valence-corrected chi connectivity index (χ1v) is 4.63. The van der Waals surface area contributed by atoms with Gasteiger partial charge in [-0.15, -0.1) is 0 Å². The zero-order chi connectivity index (χ0) is 10.5. The Morgan fingerprint density at radius 2 is 1.69 bits per heavy atom. The molecule has 0 aliphatic heterocycles. The van der Waals surface area contributed by atoms with Crippen molar-refractivity contribution in [2.75, 3.05) is 14.2 Å². The zero-order valence-electron chi connectivity index (χ0n) is 9.68. The second-order valence-electron chi connectivity index (χ2n) is 4.46. The Balaban J connectivity index is 4.12. The molecule has 2 heteroatoms. The molecule has 2 nitrogen and oxygen atoms in total. The molecule has 0 heterocycles. The minimum absolute atomic E-state index is 0.112. The predicted octanol–water partition coefficient (Wildman–Crippen LogP) is 2.99. The van der Waals surface area contributed by atoms with Gasteiger partial charge in [-0.2, -0.15) is 0 Å². The van der Waals surface area contributed by atoms with Gasteiger partial charge in [0.25, 0.3) is 0 Å². The van der Waals surface area contributed by atoms with E-state index in [0.29, 0.717) is 0 Å². The second-order valence-corrected chi connectivity index (χ2v) is 4.46. The van der Waals surface area contributed by atoms with Crippen LogP contribution in [0, 0.1) is 5.41 Å². The topological polar surface area (TPSA) is 18.5 Å². The molecule has 0 saturated heterocycles. The molecule has 0 spiro atoms. The van der Waals surface area contributed by atoms with Crippen molar-refractivity contribution >= 4 is 0 Å². The molecule has 0 unspecified atom stereocenters. The van der Waals surface area contributed by atoms with Gasteiger partial charge >= 0.3 is 0 Å². The molecular weight excluding hydrogens is 164 g/mol. The first-order valence-electron chi connectivity index (χ1n) is 4.63. The zero-order valence-corrected chi connectivity index (χ0v) is 9.68. The molecule has 0 amide bonds. The first kappa shape index (κ1) is 12.7. The van der Waals surface area contributed by atoms with Crippen molar-refractivity contribution in [1.29, 1.82) is 0 Å². The molecule has 0 aromatic carbocycles. The van der Waals surface area contributed by atoms with Gasteiger partial charge in [-0.05, 0) is 12.3 Å². The number of ether oxygens (including phenoxy) is 2. The molecule has 0 saturated carbocycles. The summed E-state index contributed by atoms with van der Waals surface area (Å²) in [5, 5.41) is 0. The lowest BCUT2D eigenvalue weighted by Crippen LogP contribution is -2.14. The molecule has 0 rings (SSSR count). The van der Waals surface area contributed by atoms with Crippen LogP contribution in [-0.4, -0.2) is 20.5 Å². The van der Waals surface area contributed by atoms with Gasteiger partial charge in [0, 0.05) is 20.6 Å². The molecule has 0 aromatic rings. The van der Waals surface area contributed by atoms with Crippen molar-refractivity contribution in [1.82, 2.24) is 0 Å². The van der Waals surface area contributed by atoms with E-state index in [2.05, 4.69) is 33.8 Å². The van der Waals surface area contributed by atoms with Crippen LogP contribution in [0.5, 0.6) is 0 Å². The van der Waals surface area contributed by atoms with Crippen LogP contribution >= 0.6 is 0 Å². The molecule has 0 radical (unpaired) electrons. The van der Waals surface area contributed by atoms with E-state index in [1.807, 2.05) is 0 Å². The summed E-state index contributed by atoms with van der Waals surface area (Å²) in [6, 6.07) is 0. The molecule has 0 aromatic heterocycles. The van der Waals surface area contributed by atoms with Gasteiger partial charge in [0.05, 0.1) is 0 Å². The van der Waals surface area contributed by atoms with E-state index in [9.17, 15) is 0 Å². The van der Waals surface area contributed by atoms with E-state index in [1.165, 1.54) is 5.57 Å². The van der Waals surface area contributed by atoms with Crippen LogP contribution in [0.1, 0.15) is 34.1 Å². The molecule has 0 bridgehead atoms. The quantitative estimate of drug-likeness (QED) is 0.496. The lowest BCUT2D eigenvalue weighted by atomic mass is 9.93. The fourth-order valence-electron chi connectivity index (χ4n) is 1.32. The van der Waals surface area contributed by atoms with Crippen molar-refractivity contribution < 1.29 is 9.47 Å². The van der Waals surface area contributed by atoms with E-state index in [4.69, 9.17) is 9.47 Å². The Labute approximate surface area is 81.9 Å². The summed E-state index contributed by atoms with van der Waals surface area (Å²) in [6.45, 7) is 8.66. The van der Waals surface area contributed by atoms with Crippen LogP contribution in [0.4, 0.5) is 0 Å².